The van der Waals surface area contributed by atoms with E-state index in [4.69, 9.17) is 23.2 Å². The molecule has 2 aromatic rings. The molecule has 2 N–H and O–H groups in total. The fraction of sp³-hybridized carbons (Fsp3) is 0.188. The van der Waals surface area contributed by atoms with E-state index in [9.17, 15) is 18.0 Å². The molecule has 0 spiro atoms. The lowest BCUT2D eigenvalue weighted by atomic mass is 10.2. The molecule has 128 valence electrons. The van der Waals surface area contributed by atoms with Gasteiger partial charge in [0.15, 0.2) is 0 Å². The van der Waals surface area contributed by atoms with Crippen molar-refractivity contribution in [3.8, 4) is 0 Å². The van der Waals surface area contributed by atoms with Gasteiger partial charge in [-0.25, -0.2) is 0 Å². The first-order chi connectivity index (χ1) is 11.2. The number of benzene rings is 2. The molecule has 0 radical (unpaired) electrons. The van der Waals surface area contributed by atoms with Crippen molar-refractivity contribution in [3.05, 3.63) is 57.6 Å². The first-order valence-corrected chi connectivity index (χ1v) is 7.59. The molecule has 0 saturated carbocycles. The standard InChI is InChI=1S/C16H13Cl2F3N2O/c1-9-6-11(17)3-5-13(9)23-15(24)8-22-14-7-10(16(19,20)21)2-4-12(14)18/h2-7,22H,8H2,1H3,(H,23,24). The molecule has 0 aromatic heterocycles. The Labute approximate surface area is 146 Å². The second-order valence-corrected chi connectivity index (χ2v) is 5.90. The Hall–Kier alpha value is -1.92. The second-order valence-electron chi connectivity index (χ2n) is 5.05. The van der Waals surface area contributed by atoms with Crippen LogP contribution in [0.3, 0.4) is 0 Å². The third-order valence-corrected chi connectivity index (χ3v) is 3.76. The molecule has 2 aromatic carbocycles. The van der Waals surface area contributed by atoms with Gasteiger partial charge in [0.2, 0.25) is 5.91 Å². The molecule has 2 rings (SSSR count). The minimum absolute atomic E-state index is 0.0365. The minimum Gasteiger partial charge on any atom is -0.375 e. The van der Waals surface area contributed by atoms with Crippen molar-refractivity contribution in [1.82, 2.24) is 0 Å². The number of carbonyl (C=O) groups excluding carboxylic acids is 1. The summed E-state index contributed by atoms with van der Waals surface area (Å²) in [6.45, 7) is 1.54. The monoisotopic (exact) mass is 376 g/mol. The summed E-state index contributed by atoms with van der Waals surface area (Å²) in [7, 11) is 0. The van der Waals surface area contributed by atoms with Crippen molar-refractivity contribution in [3.63, 3.8) is 0 Å². The van der Waals surface area contributed by atoms with Crippen molar-refractivity contribution in [2.24, 2.45) is 0 Å². The van der Waals surface area contributed by atoms with Gasteiger partial charge in [-0.3, -0.25) is 4.79 Å². The quantitative estimate of drug-likeness (QED) is 0.752. The third-order valence-electron chi connectivity index (χ3n) is 3.20. The first kappa shape index (κ1) is 18.4. The van der Waals surface area contributed by atoms with Crippen molar-refractivity contribution in [1.29, 1.82) is 0 Å². The van der Waals surface area contributed by atoms with Crippen LogP contribution in [-0.4, -0.2) is 12.5 Å². The van der Waals surface area contributed by atoms with Crippen LogP contribution >= 0.6 is 23.2 Å². The summed E-state index contributed by atoms with van der Waals surface area (Å²) < 4.78 is 38.1. The molecular formula is C16H13Cl2F3N2O. The van der Waals surface area contributed by atoms with Crippen LogP contribution in [0.25, 0.3) is 0 Å². The maximum absolute atomic E-state index is 12.7. The molecule has 0 unspecified atom stereocenters. The number of nitrogens with one attached hydrogen (secondary N) is 2. The molecule has 1 amide bonds. The fourth-order valence-electron chi connectivity index (χ4n) is 1.97. The zero-order chi connectivity index (χ0) is 17.9. The van der Waals surface area contributed by atoms with Gasteiger partial charge in [0.25, 0.3) is 0 Å². The van der Waals surface area contributed by atoms with Gasteiger partial charge in [-0.2, -0.15) is 13.2 Å². The van der Waals surface area contributed by atoms with Gasteiger partial charge >= 0.3 is 6.18 Å². The van der Waals surface area contributed by atoms with Gasteiger partial charge in [-0.05, 0) is 48.9 Å². The number of halogens is 5. The van der Waals surface area contributed by atoms with Gasteiger partial charge in [0.05, 0.1) is 22.8 Å². The number of aryl methyl sites for hydroxylation is 1. The highest BCUT2D eigenvalue weighted by atomic mass is 35.5. The van der Waals surface area contributed by atoms with Gasteiger partial charge in [-0.15, -0.1) is 0 Å². The van der Waals surface area contributed by atoms with E-state index >= 15 is 0 Å². The number of hydrogen-bond acceptors (Lipinski definition) is 2. The van der Waals surface area contributed by atoms with E-state index in [0.717, 1.165) is 23.8 Å². The van der Waals surface area contributed by atoms with Gasteiger partial charge in [0, 0.05) is 10.7 Å². The van der Waals surface area contributed by atoms with Crippen LogP contribution in [0.4, 0.5) is 24.5 Å². The van der Waals surface area contributed by atoms with Gasteiger partial charge in [-0.1, -0.05) is 23.2 Å². The van der Waals surface area contributed by atoms with Crippen LogP contribution in [-0.2, 0) is 11.0 Å². The first-order valence-electron chi connectivity index (χ1n) is 6.83. The number of anilines is 2. The summed E-state index contributed by atoms with van der Waals surface area (Å²) in [5.74, 6) is -0.422. The Bertz CT molecular complexity index is 763. The largest absolute Gasteiger partial charge is 0.416 e. The summed E-state index contributed by atoms with van der Waals surface area (Å²) in [6.07, 6.45) is -4.48. The highest BCUT2D eigenvalue weighted by molar-refractivity contribution is 6.33. The van der Waals surface area contributed by atoms with Gasteiger partial charge < -0.3 is 10.6 Å². The lowest BCUT2D eigenvalue weighted by molar-refractivity contribution is -0.137. The maximum atomic E-state index is 12.7. The van der Waals surface area contributed by atoms with Crippen molar-refractivity contribution < 1.29 is 18.0 Å². The van der Waals surface area contributed by atoms with Crippen LogP contribution < -0.4 is 10.6 Å². The average Bonchev–Trinajstić information content (AvgIpc) is 2.48. The smallest absolute Gasteiger partial charge is 0.375 e. The van der Waals surface area contributed by atoms with E-state index in [2.05, 4.69) is 10.6 Å². The summed E-state index contributed by atoms with van der Waals surface area (Å²) in [6, 6.07) is 7.84. The Morgan fingerprint density at radius 3 is 2.42 bits per heavy atom. The lowest BCUT2D eigenvalue weighted by Crippen LogP contribution is -2.22. The van der Waals surface area contributed by atoms with E-state index in [1.54, 1.807) is 25.1 Å². The van der Waals surface area contributed by atoms with Crippen molar-refractivity contribution in [2.45, 2.75) is 13.1 Å². The SMILES string of the molecule is Cc1cc(Cl)ccc1NC(=O)CNc1cc(C(F)(F)F)ccc1Cl. The zero-order valence-electron chi connectivity index (χ0n) is 12.5. The molecule has 0 aliphatic heterocycles. The van der Waals surface area contributed by atoms with Crippen LogP contribution in [0, 0.1) is 6.92 Å². The van der Waals surface area contributed by atoms with Crippen LogP contribution in [0.5, 0.6) is 0 Å². The van der Waals surface area contributed by atoms with E-state index in [0.29, 0.717) is 10.7 Å². The van der Waals surface area contributed by atoms with Crippen LogP contribution in [0.2, 0.25) is 10.0 Å². The summed E-state index contributed by atoms with van der Waals surface area (Å²) in [5, 5.41) is 5.89. The second kappa shape index (κ2) is 7.32. The molecule has 8 heteroatoms. The number of carbonyl (C=O) groups is 1. The van der Waals surface area contributed by atoms with Crippen molar-refractivity contribution in [2.75, 3.05) is 17.2 Å². The van der Waals surface area contributed by atoms with Crippen LogP contribution in [0.1, 0.15) is 11.1 Å². The number of rotatable bonds is 4. The topological polar surface area (TPSA) is 41.1 Å². The minimum atomic E-state index is -4.48. The lowest BCUT2D eigenvalue weighted by Gasteiger charge is -2.13. The Kier molecular flexibility index (Phi) is 5.62. The van der Waals surface area contributed by atoms with Gasteiger partial charge in [0.1, 0.15) is 0 Å². The highest BCUT2D eigenvalue weighted by Gasteiger charge is 2.30. The maximum Gasteiger partial charge on any atom is 0.416 e. The molecule has 0 aliphatic rings. The normalized spacial score (nSPS) is 11.2. The van der Waals surface area contributed by atoms with E-state index in [1.165, 1.54) is 0 Å². The summed E-state index contributed by atoms with van der Waals surface area (Å²) >= 11 is 11.7. The van der Waals surface area contributed by atoms with E-state index < -0.39 is 17.6 Å². The predicted octanol–water partition coefficient (Wildman–Crippen LogP) is 5.37. The zero-order valence-corrected chi connectivity index (χ0v) is 14.0. The van der Waals surface area contributed by atoms with Crippen molar-refractivity contribution >= 4 is 40.5 Å². The number of alkyl halides is 3. The Balaban J connectivity index is 2.04. The highest BCUT2D eigenvalue weighted by Crippen LogP contribution is 2.33. The van der Waals surface area contributed by atoms with E-state index in [1.807, 2.05) is 0 Å². The molecule has 0 saturated heterocycles. The Morgan fingerprint density at radius 1 is 1.08 bits per heavy atom. The molecule has 24 heavy (non-hydrogen) atoms. The molecule has 0 bridgehead atoms. The third kappa shape index (κ3) is 4.79. The van der Waals surface area contributed by atoms with E-state index in [-0.39, 0.29) is 17.3 Å². The molecular weight excluding hydrogens is 364 g/mol. The number of hydrogen-bond donors (Lipinski definition) is 2. The predicted molar refractivity (Wildman–Crippen MR) is 89.8 cm³/mol. The molecule has 0 aliphatic carbocycles. The number of amides is 1. The fourth-order valence-corrected chi connectivity index (χ4v) is 2.39. The molecule has 3 nitrogen and oxygen atoms in total. The average molecular weight is 377 g/mol. The summed E-state index contributed by atoms with van der Waals surface area (Å²) in [5.41, 5.74) is 0.534. The molecule has 0 atom stereocenters. The summed E-state index contributed by atoms with van der Waals surface area (Å²) in [4.78, 5) is 11.9. The molecule has 0 heterocycles. The van der Waals surface area contributed by atoms with Crippen LogP contribution in [0.15, 0.2) is 36.4 Å². The molecule has 0 fully saturated rings. The Morgan fingerprint density at radius 2 is 1.79 bits per heavy atom.